The van der Waals surface area contributed by atoms with E-state index in [1.807, 2.05) is 9.80 Å². The first-order chi connectivity index (χ1) is 18.0. The first-order valence-electron chi connectivity index (χ1n) is 12.2. The monoisotopic (exact) mass is 509 g/mol. The van der Waals surface area contributed by atoms with Gasteiger partial charge in [-0.15, -0.1) is 5.10 Å². The van der Waals surface area contributed by atoms with Crippen molar-refractivity contribution >= 4 is 29.3 Å². The first kappa shape index (κ1) is 23.1. The molecule has 1 aromatic carbocycles. The van der Waals surface area contributed by atoms with Gasteiger partial charge in [-0.2, -0.15) is 19.5 Å². The molecule has 5 heterocycles. The number of fused-ring (bicyclic) bond motifs is 1. The molecular formula is C24H25F2N9O2. The van der Waals surface area contributed by atoms with E-state index < -0.39 is 17.7 Å². The Morgan fingerprint density at radius 1 is 1.03 bits per heavy atom. The van der Waals surface area contributed by atoms with Crippen molar-refractivity contribution in [2.45, 2.75) is 25.3 Å². The van der Waals surface area contributed by atoms with E-state index in [0.717, 1.165) is 12.5 Å². The summed E-state index contributed by atoms with van der Waals surface area (Å²) in [5, 5.41) is 4.32. The lowest BCUT2D eigenvalue weighted by Gasteiger charge is -2.30. The molecule has 2 aliphatic rings. The van der Waals surface area contributed by atoms with E-state index in [1.165, 1.54) is 22.9 Å². The molecule has 3 aromatic heterocycles. The zero-order chi connectivity index (χ0) is 25.5. The van der Waals surface area contributed by atoms with Crippen LogP contribution in [0.2, 0.25) is 0 Å². The molecule has 11 nitrogen and oxygen atoms in total. The van der Waals surface area contributed by atoms with Crippen LogP contribution >= 0.6 is 0 Å². The minimum atomic E-state index is -0.612. The molecular weight excluding hydrogens is 484 g/mol. The molecule has 1 atom stereocenters. The molecule has 1 amide bonds. The number of carbonyl (C=O) groups excluding carboxylic acids is 1. The zero-order valence-corrected chi connectivity index (χ0v) is 19.9. The topological polar surface area (TPSA) is 122 Å². The molecule has 0 bridgehead atoms. The van der Waals surface area contributed by atoms with Gasteiger partial charge in [-0.3, -0.25) is 4.79 Å². The fraction of sp³-hybridized carbons (Fsp3) is 0.375. The molecule has 13 heteroatoms. The number of hydrogen-bond donors (Lipinski definition) is 1. The highest BCUT2D eigenvalue weighted by Gasteiger charge is 2.36. The Morgan fingerprint density at radius 3 is 2.73 bits per heavy atom. The maximum atomic E-state index is 14.3. The fourth-order valence-electron chi connectivity index (χ4n) is 5.02. The van der Waals surface area contributed by atoms with Crippen molar-refractivity contribution in [3.8, 4) is 11.6 Å². The molecule has 2 aliphatic heterocycles. The van der Waals surface area contributed by atoms with Crippen molar-refractivity contribution in [3.05, 3.63) is 48.2 Å². The van der Waals surface area contributed by atoms with Gasteiger partial charge in [0.05, 0.1) is 12.0 Å². The standard InChI is InChI=1S/C24H25F2N9O2/c25-15-6-7-17(16(26)14-15)32-8-3-9-33(12-11-32)21(36)18-4-1-10-34(18)23-29-22(27)35-24(30-23)28-20(31-35)19-5-2-13-37-19/h2,5-7,13-14,18H,1,3-4,8-12H2,(H2,27,28,29,30,31). The zero-order valence-electron chi connectivity index (χ0n) is 19.9. The van der Waals surface area contributed by atoms with Crippen LogP contribution < -0.4 is 15.5 Å². The predicted octanol–water partition coefficient (Wildman–Crippen LogP) is 2.35. The smallest absolute Gasteiger partial charge is 0.259 e. The van der Waals surface area contributed by atoms with Crippen LogP contribution in [-0.2, 0) is 4.79 Å². The van der Waals surface area contributed by atoms with Gasteiger partial charge in [-0.1, -0.05) is 0 Å². The van der Waals surface area contributed by atoms with Gasteiger partial charge in [0.1, 0.15) is 17.7 Å². The summed E-state index contributed by atoms with van der Waals surface area (Å²) in [7, 11) is 0. The van der Waals surface area contributed by atoms with Gasteiger partial charge in [-0.25, -0.2) is 8.78 Å². The number of nitrogens with zero attached hydrogens (tertiary/aromatic N) is 8. The number of amides is 1. The summed E-state index contributed by atoms with van der Waals surface area (Å²) < 4.78 is 34.4. The number of aromatic nitrogens is 5. The van der Waals surface area contributed by atoms with Crippen molar-refractivity contribution in [2.24, 2.45) is 0 Å². The Bertz CT molecular complexity index is 1440. The summed E-state index contributed by atoms with van der Waals surface area (Å²) in [6, 6.07) is 6.61. The second-order valence-electron chi connectivity index (χ2n) is 9.12. The molecule has 37 heavy (non-hydrogen) atoms. The third kappa shape index (κ3) is 4.30. The Labute approximate surface area is 210 Å². The van der Waals surface area contributed by atoms with Crippen molar-refractivity contribution in [2.75, 3.05) is 48.3 Å². The number of benzene rings is 1. The van der Waals surface area contributed by atoms with E-state index >= 15 is 0 Å². The molecule has 2 saturated heterocycles. The molecule has 0 aliphatic carbocycles. The third-order valence-corrected chi connectivity index (χ3v) is 6.82. The summed E-state index contributed by atoms with van der Waals surface area (Å²) in [6.07, 6.45) is 3.65. The Balaban J connectivity index is 1.20. The van der Waals surface area contributed by atoms with Crippen molar-refractivity contribution < 1.29 is 18.0 Å². The van der Waals surface area contributed by atoms with E-state index in [2.05, 4.69) is 20.1 Å². The summed E-state index contributed by atoms with van der Waals surface area (Å²) in [5.74, 6) is 0.270. The lowest BCUT2D eigenvalue weighted by atomic mass is 10.2. The number of furan rings is 1. The SMILES string of the molecule is Nc1nc(N2CCCC2C(=O)N2CCCN(c3ccc(F)cc3F)CC2)nc2nc(-c3ccco3)nn12. The summed E-state index contributed by atoms with van der Waals surface area (Å²) in [6.45, 7) is 2.60. The molecule has 0 saturated carbocycles. The highest BCUT2D eigenvalue weighted by molar-refractivity contribution is 5.85. The number of nitrogens with two attached hydrogens (primary N) is 1. The van der Waals surface area contributed by atoms with E-state index in [1.54, 1.807) is 17.0 Å². The van der Waals surface area contributed by atoms with Crippen LogP contribution in [0, 0.1) is 11.6 Å². The number of halogens is 2. The Hall–Kier alpha value is -4.29. The summed E-state index contributed by atoms with van der Waals surface area (Å²) in [4.78, 5) is 32.5. The van der Waals surface area contributed by atoms with Gasteiger partial charge in [-0.05, 0) is 43.5 Å². The lowest BCUT2D eigenvalue weighted by Crippen LogP contribution is -2.47. The van der Waals surface area contributed by atoms with Gasteiger partial charge in [0.2, 0.25) is 23.6 Å². The van der Waals surface area contributed by atoms with Crippen LogP contribution in [0.3, 0.4) is 0 Å². The number of hydrogen-bond acceptors (Lipinski definition) is 9. The maximum Gasteiger partial charge on any atom is 0.259 e. The van der Waals surface area contributed by atoms with E-state index in [9.17, 15) is 13.6 Å². The van der Waals surface area contributed by atoms with E-state index in [0.29, 0.717) is 68.8 Å². The molecule has 0 spiro atoms. The third-order valence-electron chi connectivity index (χ3n) is 6.82. The number of rotatable bonds is 4. The number of nitrogen functional groups attached to an aromatic ring is 1. The van der Waals surface area contributed by atoms with Crippen LogP contribution in [0.25, 0.3) is 17.4 Å². The molecule has 192 valence electrons. The van der Waals surface area contributed by atoms with Crippen LogP contribution in [0.4, 0.5) is 26.4 Å². The fourth-order valence-corrected chi connectivity index (χ4v) is 5.02. The minimum Gasteiger partial charge on any atom is -0.461 e. The van der Waals surface area contributed by atoms with Crippen LogP contribution in [0.5, 0.6) is 0 Å². The van der Waals surface area contributed by atoms with Gasteiger partial charge in [0, 0.05) is 38.8 Å². The molecule has 1 unspecified atom stereocenters. The second kappa shape index (κ2) is 9.30. The quantitative estimate of drug-likeness (QED) is 0.442. The minimum absolute atomic E-state index is 0.0290. The summed E-state index contributed by atoms with van der Waals surface area (Å²) >= 11 is 0. The van der Waals surface area contributed by atoms with Gasteiger partial charge in [0.25, 0.3) is 5.78 Å². The van der Waals surface area contributed by atoms with Crippen LogP contribution in [-0.4, -0.2) is 74.1 Å². The molecule has 0 radical (unpaired) electrons. The van der Waals surface area contributed by atoms with Gasteiger partial charge in [0.15, 0.2) is 5.76 Å². The molecule has 2 N–H and O–H groups in total. The van der Waals surface area contributed by atoms with Crippen molar-refractivity contribution in [1.29, 1.82) is 0 Å². The maximum absolute atomic E-state index is 14.3. The average molecular weight is 510 g/mol. The highest BCUT2D eigenvalue weighted by Crippen LogP contribution is 2.27. The van der Waals surface area contributed by atoms with Crippen molar-refractivity contribution in [1.82, 2.24) is 29.5 Å². The lowest BCUT2D eigenvalue weighted by molar-refractivity contribution is -0.132. The highest BCUT2D eigenvalue weighted by atomic mass is 19.1. The predicted molar refractivity (Wildman–Crippen MR) is 131 cm³/mol. The van der Waals surface area contributed by atoms with Gasteiger partial charge >= 0.3 is 0 Å². The number of anilines is 3. The second-order valence-corrected chi connectivity index (χ2v) is 9.12. The largest absolute Gasteiger partial charge is 0.461 e. The normalized spacial score (nSPS) is 18.5. The Kier molecular flexibility index (Phi) is 5.81. The molecule has 4 aromatic rings. The summed E-state index contributed by atoms with van der Waals surface area (Å²) in [5.41, 5.74) is 6.51. The van der Waals surface area contributed by atoms with E-state index in [-0.39, 0.29) is 17.6 Å². The van der Waals surface area contributed by atoms with Crippen molar-refractivity contribution in [3.63, 3.8) is 0 Å². The van der Waals surface area contributed by atoms with E-state index in [4.69, 9.17) is 10.2 Å². The van der Waals surface area contributed by atoms with Crippen LogP contribution in [0.1, 0.15) is 19.3 Å². The molecule has 2 fully saturated rings. The Morgan fingerprint density at radius 2 is 1.92 bits per heavy atom. The average Bonchev–Trinajstić information content (AvgIpc) is 3.62. The number of carbonyl (C=O) groups is 1. The van der Waals surface area contributed by atoms with Gasteiger partial charge < -0.3 is 24.9 Å². The van der Waals surface area contributed by atoms with Crippen LogP contribution in [0.15, 0.2) is 41.0 Å². The first-order valence-corrected chi connectivity index (χ1v) is 12.2. The molecule has 6 rings (SSSR count).